The molecule has 0 fully saturated rings. The van der Waals surface area contributed by atoms with Crippen LogP contribution in [-0.2, 0) is 19.3 Å². The number of fused-ring (bicyclic) bond motifs is 2. The van der Waals surface area contributed by atoms with Crippen molar-refractivity contribution in [3.8, 4) is 0 Å². The number of aromatic amines is 1. The van der Waals surface area contributed by atoms with Gasteiger partial charge in [0.1, 0.15) is 11.3 Å². The van der Waals surface area contributed by atoms with Crippen LogP contribution in [0.2, 0.25) is 0 Å². The Balaban J connectivity index is 1.72. The second-order valence-electron chi connectivity index (χ2n) is 5.69. The van der Waals surface area contributed by atoms with Gasteiger partial charge in [-0.2, -0.15) is 10.3 Å². The van der Waals surface area contributed by atoms with Gasteiger partial charge in [-0.05, 0) is 60.4 Å². The van der Waals surface area contributed by atoms with Crippen molar-refractivity contribution >= 4 is 17.0 Å². The number of rotatable bonds is 2. The number of H-pyrrole nitrogens is 1. The first-order valence-electron chi connectivity index (χ1n) is 7.36. The third-order valence-electron chi connectivity index (χ3n) is 4.20. The van der Waals surface area contributed by atoms with Crippen LogP contribution in [-0.4, -0.2) is 20.4 Å². The highest BCUT2D eigenvalue weighted by atomic mass is 15.3. The summed E-state index contributed by atoms with van der Waals surface area (Å²) in [6, 6.07) is 8.71. The Labute approximate surface area is 122 Å². The predicted octanol–water partition coefficient (Wildman–Crippen LogP) is 2.40. The minimum absolute atomic E-state index is 0.490. The third kappa shape index (κ3) is 2.24. The number of hydrogen-bond acceptors (Lipinski definition) is 4. The molecule has 3 aromatic rings. The Hall–Kier alpha value is -2.43. The predicted molar refractivity (Wildman–Crippen MR) is 82.0 cm³/mol. The molecule has 1 aromatic carbocycles. The lowest BCUT2D eigenvalue weighted by atomic mass is 9.89. The molecule has 0 radical (unpaired) electrons. The van der Waals surface area contributed by atoms with Crippen molar-refractivity contribution in [1.29, 1.82) is 0 Å². The monoisotopic (exact) mass is 279 g/mol. The summed E-state index contributed by atoms with van der Waals surface area (Å²) in [6.07, 6.45) is 5.83. The van der Waals surface area contributed by atoms with Crippen LogP contribution in [0.5, 0.6) is 0 Å². The van der Waals surface area contributed by atoms with Gasteiger partial charge in [0.2, 0.25) is 5.65 Å². The molecule has 5 nitrogen and oxygen atoms in total. The van der Waals surface area contributed by atoms with E-state index >= 15 is 0 Å². The molecule has 0 bridgehead atoms. The summed E-state index contributed by atoms with van der Waals surface area (Å²) >= 11 is 0. The average molecular weight is 279 g/mol. The van der Waals surface area contributed by atoms with E-state index in [1.165, 1.54) is 42.4 Å². The van der Waals surface area contributed by atoms with Gasteiger partial charge >= 0.3 is 0 Å². The summed E-state index contributed by atoms with van der Waals surface area (Å²) in [4.78, 5) is 4.18. The van der Waals surface area contributed by atoms with Crippen molar-refractivity contribution in [3.05, 3.63) is 46.5 Å². The fraction of sp³-hybridized carbons (Fsp3) is 0.312. The van der Waals surface area contributed by atoms with Crippen molar-refractivity contribution in [3.63, 3.8) is 0 Å². The maximum atomic E-state index is 5.86. The summed E-state index contributed by atoms with van der Waals surface area (Å²) in [7, 11) is 0. The second kappa shape index (κ2) is 4.84. The third-order valence-corrected chi connectivity index (χ3v) is 4.20. The van der Waals surface area contributed by atoms with Crippen molar-refractivity contribution in [1.82, 2.24) is 20.4 Å². The van der Waals surface area contributed by atoms with E-state index in [0.717, 1.165) is 17.5 Å². The van der Waals surface area contributed by atoms with E-state index in [2.05, 4.69) is 38.6 Å². The number of nitrogens with one attached hydrogen (secondary N) is 1. The topological polar surface area (TPSA) is 80.5 Å². The standard InChI is InChI=1S/C16H17N5/c17-14-9-13(15-16(18-14)20-21-19-15)8-10-5-6-11-3-1-2-4-12(11)7-10/h5-7,9H,1-4,8H2,(H3,17,18,19,20,21). The van der Waals surface area contributed by atoms with Crippen LogP contribution < -0.4 is 5.73 Å². The fourth-order valence-electron chi connectivity index (χ4n) is 3.17. The van der Waals surface area contributed by atoms with E-state index < -0.39 is 0 Å². The van der Waals surface area contributed by atoms with Gasteiger partial charge in [-0.25, -0.2) is 4.98 Å². The average Bonchev–Trinajstić information content (AvgIpc) is 2.95. The SMILES string of the molecule is Nc1cc(Cc2ccc3c(c2)CCCC3)c2n[nH]nc2n1. The molecule has 5 heteroatoms. The summed E-state index contributed by atoms with van der Waals surface area (Å²) in [6.45, 7) is 0. The normalized spacial score (nSPS) is 14.3. The molecule has 0 spiro atoms. The number of aromatic nitrogens is 4. The van der Waals surface area contributed by atoms with E-state index in [4.69, 9.17) is 5.73 Å². The zero-order chi connectivity index (χ0) is 14.2. The molecule has 0 amide bonds. The molecule has 1 aliphatic rings. The highest BCUT2D eigenvalue weighted by Crippen LogP contribution is 2.25. The Morgan fingerprint density at radius 2 is 1.90 bits per heavy atom. The molecule has 3 N–H and O–H groups in total. The van der Waals surface area contributed by atoms with Crippen LogP contribution in [0, 0.1) is 0 Å². The fourth-order valence-corrected chi connectivity index (χ4v) is 3.17. The van der Waals surface area contributed by atoms with Gasteiger partial charge in [0.05, 0.1) is 0 Å². The van der Waals surface area contributed by atoms with E-state index in [1.54, 1.807) is 0 Å². The largest absolute Gasteiger partial charge is 0.384 e. The maximum absolute atomic E-state index is 5.86. The molecular formula is C16H17N5. The van der Waals surface area contributed by atoms with Crippen LogP contribution in [0.4, 0.5) is 5.82 Å². The zero-order valence-electron chi connectivity index (χ0n) is 11.8. The summed E-state index contributed by atoms with van der Waals surface area (Å²) < 4.78 is 0. The van der Waals surface area contributed by atoms with E-state index in [9.17, 15) is 0 Å². The van der Waals surface area contributed by atoms with Crippen molar-refractivity contribution < 1.29 is 0 Å². The Bertz CT molecular complexity index is 806. The molecule has 0 saturated heterocycles. The Morgan fingerprint density at radius 3 is 2.81 bits per heavy atom. The van der Waals surface area contributed by atoms with E-state index in [0.29, 0.717) is 11.5 Å². The molecule has 0 atom stereocenters. The van der Waals surface area contributed by atoms with Gasteiger partial charge in [0.25, 0.3) is 0 Å². The van der Waals surface area contributed by atoms with Gasteiger partial charge < -0.3 is 5.73 Å². The van der Waals surface area contributed by atoms with Gasteiger partial charge in [-0.1, -0.05) is 18.2 Å². The molecule has 2 aromatic heterocycles. The first kappa shape index (κ1) is 12.3. The van der Waals surface area contributed by atoms with Gasteiger partial charge in [-0.3, -0.25) is 0 Å². The first-order valence-corrected chi connectivity index (χ1v) is 7.36. The van der Waals surface area contributed by atoms with Crippen LogP contribution in [0.1, 0.15) is 35.1 Å². The van der Waals surface area contributed by atoms with Crippen LogP contribution in [0.15, 0.2) is 24.3 Å². The molecular weight excluding hydrogens is 262 g/mol. The lowest BCUT2D eigenvalue weighted by molar-refractivity contribution is 0.684. The number of nitrogens with zero attached hydrogens (tertiary/aromatic N) is 3. The summed E-state index contributed by atoms with van der Waals surface area (Å²) in [5.74, 6) is 0.490. The van der Waals surface area contributed by atoms with Crippen molar-refractivity contribution in [2.45, 2.75) is 32.1 Å². The molecule has 1 aliphatic carbocycles. The first-order chi connectivity index (χ1) is 10.3. The van der Waals surface area contributed by atoms with Crippen molar-refractivity contribution in [2.24, 2.45) is 0 Å². The van der Waals surface area contributed by atoms with E-state index in [-0.39, 0.29) is 0 Å². The maximum Gasteiger partial charge on any atom is 0.203 e. The van der Waals surface area contributed by atoms with Gasteiger partial charge in [-0.15, -0.1) is 5.10 Å². The smallest absolute Gasteiger partial charge is 0.203 e. The lowest BCUT2D eigenvalue weighted by Crippen LogP contribution is -2.04. The van der Waals surface area contributed by atoms with Crippen LogP contribution in [0.25, 0.3) is 11.2 Å². The highest BCUT2D eigenvalue weighted by molar-refractivity contribution is 5.76. The van der Waals surface area contributed by atoms with Crippen molar-refractivity contribution in [2.75, 3.05) is 5.73 Å². The highest BCUT2D eigenvalue weighted by Gasteiger charge is 2.12. The van der Waals surface area contributed by atoms with Crippen LogP contribution >= 0.6 is 0 Å². The zero-order valence-corrected chi connectivity index (χ0v) is 11.8. The van der Waals surface area contributed by atoms with Gasteiger partial charge in [0, 0.05) is 0 Å². The number of nitrogen functional groups attached to an aromatic ring is 1. The van der Waals surface area contributed by atoms with E-state index in [1.807, 2.05) is 6.07 Å². The van der Waals surface area contributed by atoms with Crippen LogP contribution in [0.3, 0.4) is 0 Å². The summed E-state index contributed by atoms with van der Waals surface area (Å²) in [5.41, 5.74) is 12.6. The quantitative estimate of drug-likeness (QED) is 0.755. The minimum atomic E-state index is 0.490. The number of aryl methyl sites for hydroxylation is 2. The Morgan fingerprint density at radius 1 is 1.05 bits per heavy atom. The Kier molecular flexibility index (Phi) is 2.84. The number of hydrogen-bond donors (Lipinski definition) is 2. The molecule has 0 saturated carbocycles. The molecule has 4 rings (SSSR count). The lowest BCUT2D eigenvalue weighted by Gasteiger charge is -2.16. The minimum Gasteiger partial charge on any atom is -0.384 e. The second-order valence-corrected chi connectivity index (χ2v) is 5.69. The number of pyridine rings is 1. The van der Waals surface area contributed by atoms with Gasteiger partial charge in [0.15, 0.2) is 0 Å². The number of nitrogens with two attached hydrogens (primary N) is 1. The molecule has 2 heterocycles. The number of anilines is 1. The molecule has 21 heavy (non-hydrogen) atoms. The summed E-state index contributed by atoms with van der Waals surface area (Å²) in [5, 5.41) is 10.8. The molecule has 0 aliphatic heterocycles. The number of benzene rings is 1. The molecule has 0 unspecified atom stereocenters. The molecule has 106 valence electrons.